The Kier molecular flexibility index (Phi) is 3.90. The third-order valence-electron chi connectivity index (χ3n) is 3.54. The van der Waals surface area contributed by atoms with Gasteiger partial charge in [-0.25, -0.2) is 0 Å². The molecule has 0 nitrogen and oxygen atoms in total. The zero-order valence-corrected chi connectivity index (χ0v) is 15.7. The minimum Gasteiger partial charge on any atom is -0.127 e. The van der Waals surface area contributed by atoms with Gasteiger partial charge >= 0.3 is 0 Å². The van der Waals surface area contributed by atoms with Crippen molar-refractivity contribution in [2.75, 3.05) is 0 Å². The van der Waals surface area contributed by atoms with Crippen LogP contribution in [-0.4, -0.2) is 12.8 Å². The summed E-state index contributed by atoms with van der Waals surface area (Å²) in [5, 5.41) is 0. The fraction of sp³-hybridized carbons (Fsp3) is 0.556. The van der Waals surface area contributed by atoms with Crippen molar-refractivity contribution in [3.05, 3.63) is 29.3 Å². The molecular formula is C18H26SSi. The third kappa shape index (κ3) is 3.71. The maximum Gasteiger partial charge on any atom is 0.129 e. The van der Waals surface area contributed by atoms with E-state index in [1.54, 1.807) is 0 Å². The lowest BCUT2D eigenvalue weighted by Crippen LogP contribution is -2.33. The average Bonchev–Trinajstić information content (AvgIpc) is 2.23. The Hall–Kier alpha value is -0.653. The minimum absolute atomic E-state index is 0.237. The molecule has 1 aromatic carbocycles. The van der Waals surface area contributed by atoms with Crippen LogP contribution in [0.1, 0.15) is 45.2 Å². The van der Waals surface area contributed by atoms with Crippen LogP contribution in [0.3, 0.4) is 0 Å². The Morgan fingerprint density at radius 2 is 1.75 bits per heavy atom. The largest absolute Gasteiger partial charge is 0.129 e. The first-order valence-electron chi connectivity index (χ1n) is 7.35. The van der Waals surface area contributed by atoms with Crippen molar-refractivity contribution in [2.45, 2.75) is 68.8 Å². The van der Waals surface area contributed by atoms with Crippen molar-refractivity contribution in [2.24, 2.45) is 0 Å². The summed E-state index contributed by atoms with van der Waals surface area (Å²) >= 11 is 2.01. The number of rotatable bonds is 0. The van der Waals surface area contributed by atoms with Gasteiger partial charge in [-0.2, -0.15) is 0 Å². The summed E-state index contributed by atoms with van der Waals surface area (Å²) in [6.45, 7) is 16.3. The second-order valence-electron chi connectivity index (χ2n) is 8.13. The summed E-state index contributed by atoms with van der Waals surface area (Å²) in [7, 11) is -1.30. The van der Waals surface area contributed by atoms with Gasteiger partial charge in [0.15, 0.2) is 0 Å². The molecule has 108 valence electrons. The lowest BCUT2D eigenvalue weighted by atomic mass is 9.76. The number of fused-ring (bicyclic) bond motifs is 1. The van der Waals surface area contributed by atoms with Gasteiger partial charge in [-0.05, 0) is 35.6 Å². The Balaban J connectivity index is 2.44. The van der Waals surface area contributed by atoms with Gasteiger partial charge in [0.1, 0.15) is 8.07 Å². The van der Waals surface area contributed by atoms with Gasteiger partial charge in [0.25, 0.3) is 0 Å². The molecule has 2 heteroatoms. The Labute approximate surface area is 129 Å². The van der Waals surface area contributed by atoms with E-state index in [1.165, 1.54) is 22.4 Å². The van der Waals surface area contributed by atoms with Crippen LogP contribution in [0.4, 0.5) is 0 Å². The van der Waals surface area contributed by atoms with Crippen LogP contribution in [-0.2, 0) is 5.41 Å². The van der Waals surface area contributed by atoms with Crippen LogP contribution in [0.5, 0.6) is 0 Å². The molecule has 0 saturated heterocycles. The topological polar surface area (TPSA) is 0 Å². The highest BCUT2D eigenvalue weighted by Gasteiger charge is 2.37. The van der Waals surface area contributed by atoms with E-state index in [0.717, 1.165) is 0 Å². The maximum absolute atomic E-state index is 3.47. The fourth-order valence-electron chi connectivity index (χ4n) is 2.98. The monoisotopic (exact) mass is 302 g/mol. The number of thioether (sulfide) groups is 1. The van der Waals surface area contributed by atoms with Crippen LogP contribution >= 0.6 is 11.8 Å². The third-order valence-corrected chi connectivity index (χ3v) is 5.69. The van der Waals surface area contributed by atoms with Gasteiger partial charge in [-0.15, -0.1) is 17.3 Å². The molecule has 1 aliphatic rings. The lowest BCUT2D eigenvalue weighted by molar-refractivity contribution is 0.408. The first-order chi connectivity index (χ1) is 8.99. The molecule has 0 amide bonds. The Morgan fingerprint density at radius 1 is 1.10 bits per heavy atom. The van der Waals surface area contributed by atoms with Crippen LogP contribution in [0.25, 0.3) is 0 Å². The SMILES string of the molecule is CC1(C)CC(C)(C)c2cc(C#C[Si](C)(C)C)ccc2S1. The van der Waals surface area contributed by atoms with E-state index in [2.05, 4.69) is 77.0 Å². The molecule has 0 N–H and O–H groups in total. The highest BCUT2D eigenvalue weighted by Crippen LogP contribution is 2.50. The van der Waals surface area contributed by atoms with Gasteiger partial charge in [0.05, 0.1) is 0 Å². The van der Waals surface area contributed by atoms with Crippen LogP contribution in [0.2, 0.25) is 19.6 Å². The highest BCUT2D eigenvalue weighted by atomic mass is 32.2. The molecule has 1 aromatic rings. The maximum atomic E-state index is 3.47. The molecule has 0 atom stereocenters. The summed E-state index contributed by atoms with van der Waals surface area (Å²) in [4.78, 5) is 1.44. The summed E-state index contributed by atoms with van der Waals surface area (Å²) in [5.41, 5.74) is 6.36. The van der Waals surface area contributed by atoms with E-state index in [0.29, 0.717) is 4.75 Å². The number of hydrogen-bond acceptors (Lipinski definition) is 1. The van der Waals surface area contributed by atoms with Crippen molar-refractivity contribution in [1.82, 2.24) is 0 Å². The molecule has 0 bridgehead atoms. The molecule has 1 aliphatic heterocycles. The smallest absolute Gasteiger partial charge is 0.127 e. The first kappa shape index (κ1) is 15.7. The Bertz CT molecular complexity index is 580. The summed E-state index contributed by atoms with van der Waals surface area (Å²) in [6.07, 6.45) is 1.21. The number of benzene rings is 1. The molecular weight excluding hydrogens is 276 g/mol. The van der Waals surface area contributed by atoms with E-state index in [-0.39, 0.29) is 5.41 Å². The predicted octanol–water partition coefficient (Wildman–Crippen LogP) is 5.47. The van der Waals surface area contributed by atoms with Crippen LogP contribution in [0, 0.1) is 11.5 Å². The summed E-state index contributed by atoms with van der Waals surface area (Å²) in [5.74, 6) is 3.40. The lowest BCUT2D eigenvalue weighted by Gasteiger charge is -2.41. The Morgan fingerprint density at radius 3 is 2.35 bits per heavy atom. The standard InChI is InChI=1S/C18H26SSi/c1-17(2)13-18(3,4)19-16-9-8-14(12-15(16)17)10-11-20(5,6)7/h8-9,12H,13H2,1-7H3. The molecule has 20 heavy (non-hydrogen) atoms. The van der Waals surface area contributed by atoms with E-state index < -0.39 is 8.07 Å². The zero-order valence-electron chi connectivity index (χ0n) is 13.8. The van der Waals surface area contributed by atoms with Crippen molar-refractivity contribution in [1.29, 1.82) is 0 Å². The predicted molar refractivity (Wildman–Crippen MR) is 94.2 cm³/mol. The summed E-state index contributed by atoms with van der Waals surface area (Å²) in [6, 6.07) is 6.79. The zero-order chi connectivity index (χ0) is 15.2. The quantitative estimate of drug-likeness (QED) is 0.452. The minimum atomic E-state index is -1.30. The van der Waals surface area contributed by atoms with Gasteiger partial charge in [0.2, 0.25) is 0 Å². The molecule has 1 heterocycles. The van der Waals surface area contributed by atoms with Crippen molar-refractivity contribution >= 4 is 19.8 Å². The van der Waals surface area contributed by atoms with Gasteiger partial charge < -0.3 is 0 Å². The van der Waals surface area contributed by atoms with Crippen molar-refractivity contribution < 1.29 is 0 Å². The van der Waals surface area contributed by atoms with E-state index in [1.807, 2.05) is 11.8 Å². The van der Waals surface area contributed by atoms with Gasteiger partial charge in [0, 0.05) is 15.2 Å². The fourth-order valence-corrected chi connectivity index (χ4v) is 5.11. The van der Waals surface area contributed by atoms with Crippen molar-refractivity contribution in [3.63, 3.8) is 0 Å². The van der Waals surface area contributed by atoms with Gasteiger partial charge in [-0.3, -0.25) is 0 Å². The summed E-state index contributed by atoms with van der Waals surface area (Å²) < 4.78 is 0.321. The van der Waals surface area contributed by atoms with Crippen LogP contribution in [0.15, 0.2) is 23.1 Å². The molecule has 0 saturated carbocycles. The van der Waals surface area contributed by atoms with Crippen molar-refractivity contribution in [3.8, 4) is 11.5 Å². The van der Waals surface area contributed by atoms with Crippen LogP contribution < -0.4 is 0 Å². The highest BCUT2D eigenvalue weighted by molar-refractivity contribution is 8.00. The number of hydrogen-bond donors (Lipinski definition) is 0. The van der Waals surface area contributed by atoms with Gasteiger partial charge in [-0.1, -0.05) is 53.3 Å². The molecule has 2 rings (SSSR count). The molecule has 0 unspecified atom stereocenters. The molecule has 0 aromatic heterocycles. The first-order valence-corrected chi connectivity index (χ1v) is 11.7. The van der Waals surface area contributed by atoms with E-state index >= 15 is 0 Å². The van der Waals surface area contributed by atoms with E-state index in [9.17, 15) is 0 Å². The second kappa shape index (κ2) is 4.96. The molecule has 0 radical (unpaired) electrons. The molecule has 0 aliphatic carbocycles. The average molecular weight is 303 g/mol. The normalized spacial score (nSPS) is 19.8. The molecule has 0 fully saturated rings. The van der Waals surface area contributed by atoms with E-state index in [4.69, 9.17) is 0 Å². The molecule has 0 spiro atoms. The second-order valence-corrected chi connectivity index (χ2v) is 14.6.